The van der Waals surface area contributed by atoms with Crippen LogP contribution < -0.4 is 0 Å². The minimum atomic E-state index is -4.73. The average molecular weight is 497 g/mol. The minimum Gasteiger partial charge on any atom is -0.768 e. The van der Waals surface area contributed by atoms with E-state index in [1.807, 2.05) is 0 Å². The maximum Gasteiger partial charge on any atom is 0.435 e. The first-order chi connectivity index (χ1) is 14.9. The number of H-pyrrole nitrogens is 1. The fraction of sp³-hybridized carbons (Fsp3) is 0.444. The van der Waals surface area contributed by atoms with Gasteiger partial charge < -0.3 is 24.6 Å². The molecule has 3 N–H and O–H groups in total. The monoisotopic (exact) mass is 496 g/mol. The highest BCUT2D eigenvalue weighted by atomic mass is 35.5. The van der Waals surface area contributed by atoms with E-state index < -0.39 is 39.0 Å². The number of nitrogens with one attached hydrogen (secondary N) is 1. The standard InChI is InChI=1S/C18H20ClF3N4O5S/c19-16-12(2-1-3-14(16)26(28)29)9-25(6-4-11-5-7-32(30,31)10-11)17(27)13-8-15(24-23-13)18(20,21)22/h1-3,8,11H,4-7,9-10H2,(H3-,23,24,28,29,30,31). The summed E-state index contributed by atoms with van der Waals surface area (Å²) in [4.78, 5) is 25.0. The van der Waals surface area contributed by atoms with Crippen molar-refractivity contribution in [2.45, 2.75) is 25.6 Å². The van der Waals surface area contributed by atoms with E-state index >= 15 is 0 Å². The van der Waals surface area contributed by atoms with Crippen LogP contribution >= 0.6 is 22.2 Å². The van der Waals surface area contributed by atoms with Gasteiger partial charge in [0, 0.05) is 36.7 Å². The Balaban J connectivity index is 1.84. The second kappa shape index (κ2) is 9.25. The molecule has 0 spiro atoms. The molecule has 1 fully saturated rings. The molecule has 0 radical (unpaired) electrons. The van der Waals surface area contributed by atoms with Gasteiger partial charge >= 0.3 is 11.9 Å². The van der Waals surface area contributed by atoms with Gasteiger partial charge in [-0.1, -0.05) is 23.7 Å². The smallest absolute Gasteiger partial charge is 0.435 e. The highest BCUT2D eigenvalue weighted by molar-refractivity contribution is 8.24. The number of aromatic nitrogens is 2. The summed E-state index contributed by atoms with van der Waals surface area (Å²) in [5.74, 6) is -0.680. The molecule has 1 saturated heterocycles. The second-order valence-electron chi connectivity index (χ2n) is 7.50. The normalized spacial score (nSPS) is 23.0. The van der Waals surface area contributed by atoms with Gasteiger partial charge in [-0.2, -0.15) is 18.3 Å². The average Bonchev–Trinajstić information content (AvgIpc) is 3.32. The number of carbonyl (C=O) groups excluding carboxylic acids is 1. The molecule has 2 unspecified atom stereocenters. The van der Waals surface area contributed by atoms with Gasteiger partial charge in [0.25, 0.3) is 10.8 Å². The van der Waals surface area contributed by atoms with E-state index in [1.165, 1.54) is 23.1 Å². The molecule has 0 saturated carbocycles. The van der Waals surface area contributed by atoms with Crippen LogP contribution in [0.4, 0.5) is 18.9 Å². The molecule has 1 amide bonds. The lowest BCUT2D eigenvalue weighted by molar-refractivity contribution is -0.729. The van der Waals surface area contributed by atoms with Crippen molar-refractivity contribution in [1.29, 1.82) is 0 Å². The quantitative estimate of drug-likeness (QED) is 0.488. The summed E-state index contributed by atoms with van der Waals surface area (Å²) >= 11 is 6.15. The van der Waals surface area contributed by atoms with Crippen LogP contribution in [0.5, 0.6) is 0 Å². The summed E-state index contributed by atoms with van der Waals surface area (Å²) < 4.78 is 60.1. The van der Waals surface area contributed by atoms with Crippen LogP contribution in [0.3, 0.4) is 0 Å². The number of halogens is 4. The Morgan fingerprint density at radius 2 is 2.16 bits per heavy atom. The van der Waals surface area contributed by atoms with Gasteiger partial charge in [0.05, 0.1) is 4.91 Å². The van der Waals surface area contributed by atoms with Crippen molar-refractivity contribution in [2.24, 2.45) is 5.92 Å². The van der Waals surface area contributed by atoms with E-state index in [0.29, 0.717) is 18.9 Å². The number of alkyl halides is 3. The van der Waals surface area contributed by atoms with Crippen molar-refractivity contribution < 1.29 is 37.2 Å². The van der Waals surface area contributed by atoms with E-state index in [9.17, 15) is 32.0 Å². The van der Waals surface area contributed by atoms with Crippen molar-refractivity contribution in [3.05, 3.63) is 51.1 Å². The summed E-state index contributed by atoms with van der Waals surface area (Å²) in [5.41, 5.74) is -1.62. The molecule has 32 heavy (non-hydrogen) atoms. The predicted molar refractivity (Wildman–Crippen MR) is 108 cm³/mol. The zero-order valence-electron chi connectivity index (χ0n) is 16.5. The van der Waals surface area contributed by atoms with Crippen LogP contribution in [0, 0.1) is 10.8 Å². The zero-order valence-corrected chi connectivity index (χ0v) is 18.1. The number of aromatic amines is 1. The molecular formula is C18H20ClF3N4O5S. The topological polar surface area (TPSA) is 133 Å². The van der Waals surface area contributed by atoms with Gasteiger partial charge in [-0.25, -0.2) is 5.21 Å². The number of amides is 1. The summed E-state index contributed by atoms with van der Waals surface area (Å²) in [7, 11) is -2.89. The molecule has 176 valence electrons. The Labute approximate surface area is 187 Å². The molecule has 0 bridgehead atoms. The predicted octanol–water partition coefficient (Wildman–Crippen LogP) is 4.34. The lowest BCUT2D eigenvalue weighted by Gasteiger charge is -2.41. The molecule has 1 aliphatic rings. The van der Waals surface area contributed by atoms with Crippen LogP contribution in [0.15, 0.2) is 24.3 Å². The van der Waals surface area contributed by atoms with Crippen molar-refractivity contribution in [2.75, 3.05) is 18.1 Å². The van der Waals surface area contributed by atoms with Gasteiger partial charge in [0.1, 0.15) is 10.7 Å². The van der Waals surface area contributed by atoms with Crippen molar-refractivity contribution in [3.63, 3.8) is 0 Å². The number of benzene rings is 1. The third-order valence-corrected chi connectivity index (χ3v) is 7.46. The largest absolute Gasteiger partial charge is 0.768 e. The van der Waals surface area contributed by atoms with E-state index in [0.717, 1.165) is 0 Å². The summed E-state index contributed by atoms with van der Waals surface area (Å²) in [5, 5.41) is 14.3. The second-order valence-corrected chi connectivity index (χ2v) is 10.2. The van der Waals surface area contributed by atoms with E-state index in [2.05, 4.69) is 10.2 Å². The highest BCUT2D eigenvalue weighted by Crippen LogP contribution is 2.49. The number of nitrogens with zero attached hydrogens (tertiary/aromatic N) is 3. The molecule has 1 aromatic carbocycles. The zero-order chi connectivity index (χ0) is 23.7. The third-order valence-electron chi connectivity index (χ3n) is 5.16. The maximum atomic E-state index is 13.0. The molecule has 1 aromatic heterocycles. The van der Waals surface area contributed by atoms with Crippen LogP contribution in [0.25, 0.3) is 0 Å². The maximum absolute atomic E-state index is 13.0. The Morgan fingerprint density at radius 3 is 2.72 bits per heavy atom. The third kappa shape index (κ3) is 5.71. The van der Waals surface area contributed by atoms with E-state index in [-0.39, 0.29) is 46.8 Å². The first-order valence-electron chi connectivity index (χ1n) is 9.45. The summed E-state index contributed by atoms with van der Waals surface area (Å²) in [6, 6.07) is 4.78. The van der Waals surface area contributed by atoms with Gasteiger partial charge in [0.15, 0.2) is 5.69 Å². The van der Waals surface area contributed by atoms with Crippen LogP contribution in [0.2, 0.25) is 5.02 Å². The van der Waals surface area contributed by atoms with Crippen LogP contribution in [-0.4, -0.2) is 58.3 Å². The lowest BCUT2D eigenvalue weighted by atomic mass is 10.0. The van der Waals surface area contributed by atoms with Crippen molar-refractivity contribution in [1.82, 2.24) is 15.1 Å². The minimum absolute atomic E-state index is 0.0557. The molecule has 0 aliphatic carbocycles. The molecule has 9 nitrogen and oxygen atoms in total. The Kier molecular flexibility index (Phi) is 7.03. The molecule has 1 aliphatic heterocycles. The van der Waals surface area contributed by atoms with Crippen LogP contribution in [0.1, 0.15) is 34.6 Å². The Morgan fingerprint density at radius 1 is 1.44 bits per heavy atom. The molecule has 14 heteroatoms. The van der Waals surface area contributed by atoms with Crippen molar-refractivity contribution >= 4 is 33.8 Å². The fourth-order valence-electron chi connectivity index (χ4n) is 3.49. The number of carbonyl (C=O) groups is 1. The number of hydrogen-bond donors (Lipinski definition) is 3. The molecule has 2 heterocycles. The summed E-state index contributed by atoms with van der Waals surface area (Å²) in [6.07, 6.45) is -3.90. The number of rotatable bonds is 7. The fourth-order valence-corrected chi connectivity index (χ4v) is 5.69. The van der Waals surface area contributed by atoms with Crippen molar-refractivity contribution in [3.8, 4) is 0 Å². The Hall–Kier alpha value is -2.35. The van der Waals surface area contributed by atoms with E-state index in [1.54, 1.807) is 0 Å². The highest BCUT2D eigenvalue weighted by Gasteiger charge is 2.35. The molecule has 3 rings (SSSR count). The van der Waals surface area contributed by atoms with Gasteiger partial charge in [-0.05, 0) is 24.3 Å². The van der Waals surface area contributed by atoms with Gasteiger partial charge in [0.2, 0.25) is 0 Å². The number of hydrogen-bond acceptors (Lipinski definition) is 5. The first-order valence-corrected chi connectivity index (χ1v) is 11.7. The summed E-state index contributed by atoms with van der Waals surface area (Å²) in [6.45, 7) is -0.124. The SMILES string of the molecule is O=C(c1cc(C(F)(F)F)n[nH]1)N(CCC1CCS([O-])(O)C1)Cc1cccc([N+](=O)O)c1Cl. The van der Waals surface area contributed by atoms with E-state index in [4.69, 9.17) is 16.8 Å². The molecule has 2 aromatic rings. The lowest BCUT2D eigenvalue weighted by Crippen LogP contribution is -2.33. The molecule has 2 atom stereocenters. The van der Waals surface area contributed by atoms with Gasteiger partial charge in [-0.3, -0.25) is 9.89 Å². The van der Waals surface area contributed by atoms with Crippen LogP contribution in [-0.2, 0) is 12.7 Å². The first kappa shape index (κ1) is 24.3. The van der Waals surface area contributed by atoms with Gasteiger partial charge in [-0.15, -0.1) is 0 Å². The Bertz CT molecular complexity index is 1020. The molecular weight excluding hydrogens is 477 g/mol.